The molecule has 7 nitrogen and oxygen atoms in total. The lowest BCUT2D eigenvalue weighted by molar-refractivity contribution is 0.388. The Morgan fingerprint density at radius 1 is 1.00 bits per heavy atom. The van der Waals surface area contributed by atoms with Crippen LogP contribution in [0.1, 0.15) is 29.8 Å². The highest BCUT2D eigenvalue weighted by molar-refractivity contribution is 6.30. The predicted octanol–water partition coefficient (Wildman–Crippen LogP) is 5.26. The highest BCUT2D eigenvalue weighted by atomic mass is 35.5. The van der Waals surface area contributed by atoms with Crippen LogP contribution in [0.2, 0.25) is 5.15 Å². The number of aromatic nitrogens is 3. The van der Waals surface area contributed by atoms with Crippen LogP contribution in [0.3, 0.4) is 0 Å². The summed E-state index contributed by atoms with van der Waals surface area (Å²) in [5.74, 6) is 2.28. The molecule has 0 saturated carbocycles. The zero-order chi connectivity index (χ0) is 23.5. The van der Waals surface area contributed by atoms with Crippen molar-refractivity contribution in [3.63, 3.8) is 0 Å². The van der Waals surface area contributed by atoms with E-state index in [1.54, 1.807) is 27.5 Å². The van der Waals surface area contributed by atoms with Crippen molar-refractivity contribution in [3.8, 4) is 22.9 Å². The summed E-state index contributed by atoms with van der Waals surface area (Å²) < 4.78 is 18.4. The molecular weight excluding hydrogens is 440 g/mol. The number of halogens is 1. The van der Waals surface area contributed by atoms with Crippen molar-refractivity contribution in [3.05, 3.63) is 70.6 Å². The average molecular weight is 467 g/mol. The molecule has 4 rings (SSSR count). The number of nitrogens with zero attached hydrogens (tertiary/aromatic N) is 3. The van der Waals surface area contributed by atoms with Gasteiger partial charge in [-0.05, 0) is 37.6 Å². The van der Waals surface area contributed by atoms with E-state index < -0.39 is 0 Å². The summed E-state index contributed by atoms with van der Waals surface area (Å²) in [5, 5.41) is 9.62. The molecule has 0 spiro atoms. The quantitative estimate of drug-likeness (QED) is 0.357. The van der Waals surface area contributed by atoms with Gasteiger partial charge in [0.15, 0.2) is 0 Å². The maximum absolute atomic E-state index is 6.14. The third kappa shape index (κ3) is 4.60. The summed E-state index contributed by atoms with van der Waals surface area (Å²) in [7, 11) is 4.97. The van der Waals surface area contributed by atoms with E-state index in [4.69, 9.17) is 30.9 Å². The van der Waals surface area contributed by atoms with Gasteiger partial charge >= 0.3 is 0 Å². The fourth-order valence-electron chi connectivity index (χ4n) is 3.83. The van der Waals surface area contributed by atoms with E-state index in [1.165, 1.54) is 0 Å². The molecule has 2 heterocycles. The second-order valence-electron chi connectivity index (χ2n) is 7.73. The van der Waals surface area contributed by atoms with Crippen molar-refractivity contribution in [2.45, 2.75) is 26.4 Å². The summed E-state index contributed by atoms with van der Waals surface area (Å²) in [4.78, 5) is 4.18. The largest absolute Gasteiger partial charge is 0.497 e. The number of benzene rings is 2. The van der Waals surface area contributed by atoms with E-state index in [9.17, 15) is 0 Å². The molecule has 2 aromatic carbocycles. The Morgan fingerprint density at radius 3 is 2.52 bits per heavy atom. The molecule has 8 heteroatoms. The zero-order valence-corrected chi connectivity index (χ0v) is 20.1. The van der Waals surface area contributed by atoms with Crippen molar-refractivity contribution in [2.24, 2.45) is 0 Å². The fourth-order valence-corrected chi connectivity index (χ4v) is 3.99. The van der Waals surface area contributed by atoms with Crippen molar-refractivity contribution in [1.82, 2.24) is 20.1 Å². The van der Waals surface area contributed by atoms with Crippen molar-refractivity contribution in [2.75, 3.05) is 21.3 Å². The molecule has 4 aromatic rings. The number of rotatable bonds is 8. The molecule has 0 radical (unpaired) electrons. The third-order valence-corrected chi connectivity index (χ3v) is 5.95. The number of fused-ring (bicyclic) bond motifs is 1. The van der Waals surface area contributed by atoms with Crippen LogP contribution < -0.4 is 19.5 Å². The number of pyridine rings is 1. The Hall–Kier alpha value is -3.29. The van der Waals surface area contributed by atoms with Gasteiger partial charge < -0.3 is 19.5 Å². The summed E-state index contributed by atoms with van der Waals surface area (Å²) >= 11 is 6.14. The van der Waals surface area contributed by atoms with Gasteiger partial charge in [-0.2, -0.15) is 5.10 Å². The topological polar surface area (TPSA) is 70.4 Å². The second kappa shape index (κ2) is 9.68. The molecule has 1 unspecified atom stereocenters. The van der Waals surface area contributed by atoms with Crippen LogP contribution in [0, 0.1) is 6.92 Å². The minimum Gasteiger partial charge on any atom is -0.497 e. The number of hydrogen-bond donors (Lipinski definition) is 1. The highest BCUT2D eigenvalue weighted by Gasteiger charge is 2.16. The first-order valence-electron chi connectivity index (χ1n) is 10.6. The Labute approximate surface area is 198 Å². The maximum atomic E-state index is 6.14. The molecule has 1 N–H and O–H groups in total. The smallest absolute Gasteiger partial charge is 0.144 e. The molecule has 0 saturated heterocycles. The van der Waals surface area contributed by atoms with Gasteiger partial charge in [-0.25, -0.2) is 9.67 Å². The molecule has 172 valence electrons. The highest BCUT2D eigenvalue weighted by Crippen LogP contribution is 2.31. The number of aryl methyl sites for hydroxylation is 1. The molecule has 0 bridgehead atoms. The molecular formula is C25H27ClN4O3. The molecule has 0 fully saturated rings. The van der Waals surface area contributed by atoms with E-state index in [2.05, 4.69) is 23.3 Å². The standard InChI is InChI=1S/C25H27ClN4O3/c1-15(27-13-18-6-8-19(31-3)11-23(18)32-4)17-7-9-21(24(10-17)33-5)30-22-12-25(26)28-14-20(22)16(2)29-30/h6-12,14-15,27H,13H2,1-5H3. The molecule has 0 aliphatic heterocycles. The van der Waals surface area contributed by atoms with Gasteiger partial charge in [-0.15, -0.1) is 0 Å². The average Bonchev–Trinajstić information content (AvgIpc) is 3.16. The predicted molar refractivity (Wildman–Crippen MR) is 130 cm³/mol. The van der Waals surface area contributed by atoms with Gasteiger partial charge in [0.25, 0.3) is 0 Å². The van der Waals surface area contributed by atoms with Gasteiger partial charge in [0.1, 0.15) is 28.1 Å². The van der Waals surface area contributed by atoms with Gasteiger partial charge in [0.05, 0.1) is 32.5 Å². The maximum Gasteiger partial charge on any atom is 0.144 e. The second-order valence-corrected chi connectivity index (χ2v) is 8.12. The van der Waals surface area contributed by atoms with Crippen molar-refractivity contribution >= 4 is 22.5 Å². The molecule has 0 amide bonds. The fraction of sp³-hybridized carbons (Fsp3) is 0.280. The van der Waals surface area contributed by atoms with Crippen LogP contribution in [0.15, 0.2) is 48.7 Å². The van der Waals surface area contributed by atoms with E-state index in [1.807, 2.05) is 48.0 Å². The van der Waals surface area contributed by atoms with Crippen LogP contribution >= 0.6 is 11.6 Å². The Bertz CT molecular complexity index is 1290. The first kappa shape index (κ1) is 22.9. The lowest BCUT2D eigenvalue weighted by atomic mass is 10.1. The van der Waals surface area contributed by atoms with Gasteiger partial charge in [-0.1, -0.05) is 23.7 Å². The molecule has 1 atom stereocenters. The summed E-state index contributed by atoms with van der Waals surface area (Å²) in [6.45, 7) is 4.71. The lowest BCUT2D eigenvalue weighted by Crippen LogP contribution is -2.18. The third-order valence-electron chi connectivity index (χ3n) is 5.74. The summed E-state index contributed by atoms with van der Waals surface area (Å²) in [6, 6.07) is 13.8. The summed E-state index contributed by atoms with van der Waals surface area (Å²) in [5.41, 5.74) is 4.75. The Morgan fingerprint density at radius 2 is 1.79 bits per heavy atom. The zero-order valence-electron chi connectivity index (χ0n) is 19.3. The van der Waals surface area contributed by atoms with Gasteiger partial charge in [-0.3, -0.25) is 0 Å². The van der Waals surface area contributed by atoms with Crippen LogP contribution in [-0.2, 0) is 6.54 Å². The molecule has 33 heavy (non-hydrogen) atoms. The van der Waals surface area contributed by atoms with Crippen LogP contribution in [0.4, 0.5) is 0 Å². The molecule has 0 aliphatic carbocycles. The Balaban J connectivity index is 1.59. The SMILES string of the molecule is COc1ccc(CNC(C)c2ccc(-n3nc(C)c4cnc(Cl)cc43)c(OC)c2)c(OC)c1. The van der Waals surface area contributed by atoms with Crippen molar-refractivity contribution in [1.29, 1.82) is 0 Å². The summed E-state index contributed by atoms with van der Waals surface area (Å²) in [6.07, 6.45) is 1.75. The van der Waals surface area contributed by atoms with Crippen LogP contribution in [-0.4, -0.2) is 36.1 Å². The molecule has 0 aliphatic rings. The van der Waals surface area contributed by atoms with E-state index in [0.29, 0.717) is 11.7 Å². The van der Waals surface area contributed by atoms with Gasteiger partial charge in [0.2, 0.25) is 0 Å². The lowest BCUT2D eigenvalue weighted by Gasteiger charge is -2.18. The first-order valence-corrected chi connectivity index (χ1v) is 11.0. The Kier molecular flexibility index (Phi) is 6.72. The minimum absolute atomic E-state index is 0.0782. The van der Waals surface area contributed by atoms with Crippen LogP contribution in [0.25, 0.3) is 16.6 Å². The number of ether oxygens (including phenoxy) is 3. The monoisotopic (exact) mass is 466 g/mol. The number of nitrogens with one attached hydrogen (secondary N) is 1. The number of hydrogen-bond acceptors (Lipinski definition) is 6. The van der Waals surface area contributed by atoms with Crippen LogP contribution in [0.5, 0.6) is 17.2 Å². The van der Waals surface area contributed by atoms with E-state index in [0.717, 1.165) is 50.7 Å². The van der Waals surface area contributed by atoms with E-state index in [-0.39, 0.29) is 6.04 Å². The van der Waals surface area contributed by atoms with Crippen molar-refractivity contribution < 1.29 is 14.2 Å². The number of methoxy groups -OCH3 is 3. The van der Waals surface area contributed by atoms with E-state index >= 15 is 0 Å². The minimum atomic E-state index is 0.0782. The van der Waals surface area contributed by atoms with Gasteiger partial charge in [0, 0.05) is 41.9 Å². The molecule has 2 aromatic heterocycles. The normalized spacial score (nSPS) is 12.1. The first-order chi connectivity index (χ1) is 15.9.